The molecule has 0 aliphatic rings. The van der Waals surface area contributed by atoms with Gasteiger partial charge in [-0.15, -0.1) is 0 Å². The minimum Gasteiger partial charge on any atom is -0.502 e. The van der Waals surface area contributed by atoms with Gasteiger partial charge in [0.25, 0.3) is 5.69 Å². The summed E-state index contributed by atoms with van der Waals surface area (Å²) in [6.45, 7) is 0. The first-order chi connectivity index (χ1) is 12.5. The van der Waals surface area contributed by atoms with Crippen LogP contribution in [0.25, 0.3) is 0 Å². The number of alkyl halides is 3. The number of hydrogen-bond donors (Lipinski definition) is 2. The number of nitrogens with zero attached hydrogens (tertiary/aromatic N) is 3. The summed E-state index contributed by atoms with van der Waals surface area (Å²) >= 11 is 5.76. The summed E-state index contributed by atoms with van der Waals surface area (Å²) in [6, 6.07) is 3.78. The summed E-state index contributed by atoms with van der Waals surface area (Å²) in [5.41, 5.74) is -1.06. The molecule has 0 heterocycles. The van der Waals surface area contributed by atoms with E-state index in [1.807, 2.05) is 0 Å². The van der Waals surface area contributed by atoms with Crippen molar-refractivity contribution in [1.29, 1.82) is 0 Å². The van der Waals surface area contributed by atoms with Crippen LogP contribution in [0.3, 0.4) is 0 Å². The Morgan fingerprint density at radius 2 is 1.81 bits per heavy atom. The SMILES string of the molecule is O=[N+]([O-])c1cc(/C=N/Nc2cc(C(F)(F)F)ccc2Cl)c(O)c([N+](=O)[O-])c1. The molecular formula is C14H8ClF3N4O5. The Kier molecular flexibility index (Phi) is 5.49. The van der Waals surface area contributed by atoms with E-state index in [9.17, 15) is 38.5 Å². The number of non-ortho nitro benzene ring substituents is 1. The molecule has 2 aromatic carbocycles. The van der Waals surface area contributed by atoms with E-state index < -0.39 is 44.3 Å². The Morgan fingerprint density at radius 1 is 1.15 bits per heavy atom. The number of hydrazone groups is 1. The second kappa shape index (κ2) is 7.45. The highest BCUT2D eigenvalue weighted by molar-refractivity contribution is 6.33. The van der Waals surface area contributed by atoms with E-state index in [4.69, 9.17) is 11.6 Å². The Labute approximate surface area is 153 Å². The molecule has 0 aliphatic heterocycles. The van der Waals surface area contributed by atoms with Gasteiger partial charge in [-0.3, -0.25) is 25.7 Å². The minimum absolute atomic E-state index is 0.102. The molecule has 0 fully saturated rings. The number of nitro groups is 2. The molecule has 27 heavy (non-hydrogen) atoms. The number of phenolic OH excluding ortho intramolecular Hbond substituents is 1. The minimum atomic E-state index is -4.62. The van der Waals surface area contributed by atoms with Crippen LogP contribution in [-0.4, -0.2) is 21.2 Å². The van der Waals surface area contributed by atoms with Gasteiger partial charge in [-0.1, -0.05) is 11.6 Å². The number of halogens is 4. The van der Waals surface area contributed by atoms with E-state index in [2.05, 4.69) is 10.5 Å². The molecule has 2 N–H and O–H groups in total. The van der Waals surface area contributed by atoms with Gasteiger partial charge in [0.05, 0.1) is 44.0 Å². The third kappa shape index (κ3) is 4.61. The van der Waals surface area contributed by atoms with Crippen molar-refractivity contribution in [3.05, 3.63) is 66.7 Å². The number of nitrogens with one attached hydrogen (secondary N) is 1. The summed E-state index contributed by atoms with van der Waals surface area (Å²) in [5, 5.41) is 34.9. The molecule has 0 radical (unpaired) electrons. The molecule has 13 heteroatoms. The normalized spacial score (nSPS) is 11.6. The maximum atomic E-state index is 12.7. The quantitative estimate of drug-likeness (QED) is 0.433. The van der Waals surface area contributed by atoms with Crippen molar-refractivity contribution < 1.29 is 28.1 Å². The van der Waals surface area contributed by atoms with Gasteiger partial charge in [0.15, 0.2) is 0 Å². The fourth-order valence-electron chi connectivity index (χ4n) is 1.93. The second-order valence-electron chi connectivity index (χ2n) is 4.98. The summed E-state index contributed by atoms with van der Waals surface area (Å²) in [5.74, 6) is -0.897. The van der Waals surface area contributed by atoms with Crippen LogP contribution in [0.2, 0.25) is 5.02 Å². The van der Waals surface area contributed by atoms with Crippen LogP contribution < -0.4 is 5.43 Å². The van der Waals surface area contributed by atoms with Crippen LogP contribution >= 0.6 is 11.6 Å². The van der Waals surface area contributed by atoms with E-state index >= 15 is 0 Å². The number of aromatic hydroxyl groups is 1. The molecule has 0 unspecified atom stereocenters. The maximum absolute atomic E-state index is 12.7. The average molecular weight is 405 g/mol. The smallest absolute Gasteiger partial charge is 0.416 e. The topological polar surface area (TPSA) is 131 Å². The molecule has 0 saturated carbocycles. The van der Waals surface area contributed by atoms with Crippen LogP contribution in [0.5, 0.6) is 5.75 Å². The van der Waals surface area contributed by atoms with Gasteiger partial charge in [-0.2, -0.15) is 18.3 Å². The van der Waals surface area contributed by atoms with Gasteiger partial charge in [0.2, 0.25) is 5.75 Å². The van der Waals surface area contributed by atoms with Gasteiger partial charge >= 0.3 is 11.9 Å². The lowest BCUT2D eigenvalue weighted by Gasteiger charge is -2.09. The Bertz CT molecular complexity index is 949. The van der Waals surface area contributed by atoms with E-state index in [0.29, 0.717) is 12.1 Å². The van der Waals surface area contributed by atoms with E-state index in [1.54, 1.807) is 0 Å². The third-order valence-corrected chi connectivity index (χ3v) is 3.52. The molecule has 0 aromatic heterocycles. The number of benzene rings is 2. The zero-order valence-electron chi connectivity index (χ0n) is 12.9. The monoisotopic (exact) mass is 404 g/mol. The highest BCUT2D eigenvalue weighted by Crippen LogP contribution is 2.35. The van der Waals surface area contributed by atoms with Gasteiger partial charge in [-0.25, -0.2) is 0 Å². The lowest BCUT2D eigenvalue weighted by molar-refractivity contribution is -0.394. The summed E-state index contributed by atoms with van der Waals surface area (Å²) in [4.78, 5) is 19.7. The largest absolute Gasteiger partial charge is 0.502 e. The fourth-order valence-corrected chi connectivity index (χ4v) is 2.09. The lowest BCUT2D eigenvalue weighted by Crippen LogP contribution is -2.05. The van der Waals surface area contributed by atoms with Crippen LogP contribution in [0.4, 0.5) is 30.2 Å². The van der Waals surface area contributed by atoms with Crippen molar-refractivity contribution in [1.82, 2.24) is 0 Å². The Hall–Kier alpha value is -3.41. The molecule has 9 nitrogen and oxygen atoms in total. The fraction of sp³-hybridized carbons (Fsp3) is 0.0714. The molecular weight excluding hydrogens is 397 g/mol. The first-order valence-electron chi connectivity index (χ1n) is 6.82. The molecule has 142 valence electrons. The van der Waals surface area contributed by atoms with Gasteiger partial charge in [0, 0.05) is 6.07 Å². The first-order valence-corrected chi connectivity index (χ1v) is 7.20. The predicted molar refractivity (Wildman–Crippen MR) is 89.1 cm³/mol. The number of nitro benzene ring substituents is 2. The molecule has 0 bridgehead atoms. The molecule has 0 amide bonds. The summed E-state index contributed by atoms with van der Waals surface area (Å²) in [6.07, 6.45) is -3.85. The van der Waals surface area contributed by atoms with Crippen molar-refractivity contribution in [2.24, 2.45) is 5.10 Å². The highest BCUT2D eigenvalue weighted by atomic mass is 35.5. The molecule has 2 aromatic rings. The Balaban J connectivity index is 2.37. The maximum Gasteiger partial charge on any atom is 0.416 e. The second-order valence-corrected chi connectivity index (χ2v) is 5.39. The Morgan fingerprint density at radius 3 is 2.37 bits per heavy atom. The van der Waals surface area contributed by atoms with Crippen LogP contribution in [0, 0.1) is 20.2 Å². The zero-order valence-corrected chi connectivity index (χ0v) is 13.7. The first kappa shape index (κ1) is 19.9. The number of anilines is 1. The molecule has 0 atom stereocenters. The van der Waals surface area contributed by atoms with Crippen molar-refractivity contribution in [2.45, 2.75) is 6.18 Å². The van der Waals surface area contributed by atoms with Crippen molar-refractivity contribution in [2.75, 3.05) is 5.43 Å². The van der Waals surface area contributed by atoms with Crippen molar-refractivity contribution in [3.63, 3.8) is 0 Å². The molecule has 2 rings (SSSR count). The summed E-state index contributed by atoms with van der Waals surface area (Å²) in [7, 11) is 0. The van der Waals surface area contributed by atoms with Crippen molar-refractivity contribution in [3.8, 4) is 5.75 Å². The van der Waals surface area contributed by atoms with Gasteiger partial charge in [0.1, 0.15) is 0 Å². The standard InChI is InChI=1S/C14H8ClF3N4O5/c15-10-2-1-8(14(16,17)18)4-11(10)20-19-6-7-3-9(21(24)25)5-12(13(7)23)22(26)27/h1-6,20,23H/b19-6+. The lowest BCUT2D eigenvalue weighted by atomic mass is 10.1. The van der Waals surface area contributed by atoms with Crippen LogP contribution in [0.15, 0.2) is 35.4 Å². The number of hydrogen-bond acceptors (Lipinski definition) is 7. The highest BCUT2D eigenvalue weighted by Gasteiger charge is 2.31. The molecule has 0 saturated heterocycles. The van der Waals surface area contributed by atoms with Crippen LogP contribution in [-0.2, 0) is 6.18 Å². The van der Waals surface area contributed by atoms with Gasteiger partial charge in [-0.05, 0) is 18.2 Å². The number of phenols is 1. The van der Waals surface area contributed by atoms with Crippen molar-refractivity contribution >= 4 is 34.9 Å². The predicted octanol–water partition coefficient (Wildman–Crippen LogP) is 4.33. The molecule has 0 aliphatic carbocycles. The zero-order chi connectivity index (χ0) is 20.4. The van der Waals surface area contributed by atoms with E-state index in [0.717, 1.165) is 24.4 Å². The van der Waals surface area contributed by atoms with Gasteiger partial charge < -0.3 is 5.11 Å². The van der Waals surface area contributed by atoms with E-state index in [-0.39, 0.29) is 10.7 Å². The number of rotatable bonds is 5. The van der Waals surface area contributed by atoms with Crippen LogP contribution in [0.1, 0.15) is 11.1 Å². The van der Waals surface area contributed by atoms with E-state index in [1.165, 1.54) is 0 Å². The average Bonchev–Trinajstić information content (AvgIpc) is 2.56. The molecule has 0 spiro atoms. The summed E-state index contributed by atoms with van der Waals surface area (Å²) < 4.78 is 38.1. The third-order valence-electron chi connectivity index (χ3n) is 3.19.